The maximum atomic E-state index is 11.8. The Morgan fingerprint density at radius 1 is 1.35 bits per heavy atom. The van der Waals surface area contributed by atoms with Crippen molar-refractivity contribution < 1.29 is 9.72 Å². The first-order chi connectivity index (χ1) is 8.08. The van der Waals surface area contributed by atoms with Gasteiger partial charge in [0.05, 0.1) is 17.0 Å². The first kappa shape index (κ1) is 9.83. The largest absolute Gasteiger partial charge is 0.329 e. The molecule has 0 fully saturated rings. The van der Waals surface area contributed by atoms with Gasteiger partial charge >= 0.3 is 6.03 Å². The summed E-state index contributed by atoms with van der Waals surface area (Å²) in [6.45, 7) is 0.543. The molecule has 6 heteroatoms. The number of carbonyl (C=O) groups is 1. The van der Waals surface area contributed by atoms with Gasteiger partial charge < -0.3 is 4.90 Å². The number of rotatable bonds is 1. The van der Waals surface area contributed by atoms with Crippen LogP contribution >= 0.6 is 0 Å². The first-order valence-electron chi connectivity index (χ1n) is 5.12. The predicted molar refractivity (Wildman–Crippen MR) is 60.9 cm³/mol. The van der Waals surface area contributed by atoms with E-state index in [2.05, 4.69) is 0 Å². The van der Waals surface area contributed by atoms with E-state index in [1.165, 1.54) is 12.1 Å². The van der Waals surface area contributed by atoms with E-state index in [1.54, 1.807) is 22.6 Å². The Kier molecular flexibility index (Phi) is 1.77. The molecule has 1 amide bonds. The molecule has 6 nitrogen and oxygen atoms in total. The first-order valence-corrected chi connectivity index (χ1v) is 5.12. The van der Waals surface area contributed by atoms with Crippen molar-refractivity contribution in [3.8, 4) is 0 Å². The molecule has 0 aliphatic carbocycles. The highest BCUT2D eigenvalue weighted by Crippen LogP contribution is 2.28. The third-order valence-corrected chi connectivity index (χ3v) is 2.99. The van der Waals surface area contributed by atoms with Gasteiger partial charge in [-0.3, -0.25) is 14.7 Å². The van der Waals surface area contributed by atoms with Crippen molar-refractivity contribution in [1.82, 2.24) is 9.47 Å². The summed E-state index contributed by atoms with van der Waals surface area (Å²) in [5.74, 6) is 0. The zero-order valence-electron chi connectivity index (χ0n) is 9.08. The molecule has 1 aromatic carbocycles. The lowest BCUT2D eigenvalue weighted by molar-refractivity contribution is -0.384. The molecule has 0 saturated heterocycles. The van der Waals surface area contributed by atoms with Crippen molar-refractivity contribution in [3.05, 3.63) is 40.1 Å². The number of carbonyl (C=O) groups excluding carboxylic acids is 1. The topological polar surface area (TPSA) is 68.4 Å². The minimum atomic E-state index is -0.434. The Morgan fingerprint density at radius 3 is 2.82 bits per heavy atom. The second-order valence-corrected chi connectivity index (χ2v) is 4.11. The lowest BCUT2D eigenvalue weighted by atomic mass is 10.2. The van der Waals surface area contributed by atoms with E-state index in [0.717, 1.165) is 16.6 Å². The molecule has 1 aliphatic rings. The maximum Gasteiger partial charge on any atom is 0.329 e. The van der Waals surface area contributed by atoms with E-state index in [4.69, 9.17) is 0 Å². The number of hydrogen-bond donors (Lipinski definition) is 0. The molecule has 2 aromatic rings. The molecule has 3 rings (SSSR count). The van der Waals surface area contributed by atoms with Gasteiger partial charge in [0.25, 0.3) is 5.69 Å². The number of hydrogen-bond acceptors (Lipinski definition) is 3. The van der Waals surface area contributed by atoms with Gasteiger partial charge in [0.2, 0.25) is 0 Å². The highest BCUT2D eigenvalue weighted by molar-refractivity contribution is 5.95. The molecule has 17 heavy (non-hydrogen) atoms. The highest BCUT2D eigenvalue weighted by Gasteiger charge is 2.26. The van der Waals surface area contributed by atoms with E-state index in [0.29, 0.717) is 6.54 Å². The third-order valence-electron chi connectivity index (χ3n) is 2.99. The van der Waals surface area contributed by atoms with E-state index in [9.17, 15) is 14.9 Å². The molecular weight excluding hydrogens is 222 g/mol. The van der Waals surface area contributed by atoms with Crippen LogP contribution in [0.5, 0.6) is 0 Å². The Morgan fingerprint density at radius 2 is 2.12 bits per heavy atom. The van der Waals surface area contributed by atoms with Crippen molar-refractivity contribution in [3.63, 3.8) is 0 Å². The van der Waals surface area contributed by atoms with Gasteiger partial charge in [0.1, 0.15) is 0 Å². The van der Waals surface area contributed by atoms with Crippen LogP contribution in [0.1, 0.15) is 5.69 Å². The van der Waals surface area contributed by atoms with Crippen molar-refractivity contribution >= 4 is 22.6 Å². The Bertz CT molecular complexity index is 659. The van der Waals surface area contributed by atoms with Crippen LogP contribution in [-0.2, 0) is 6.54 Å². The molecule has 0 saturated carbocycles. The highest BCUT2D eigenvalue weighted by atomic mass is 16.6. The Hall–Kier alpha value is -2.37. The van der Waals surface area contributed by atoms with Crippen molar-refractivity contribution in [2.24, 2.45) is 0 Å². The van der Waals surface area contributed by atoms with Crippen LogP contribution < -0.4 is 0 Å². The van der Waals surface area contributed by atoms with Gasteiger partial charge in [-0.2, -0.15) is 0 Å². The summed E-state index contributed by atoms with van der Waals surface area (Å²) in [5.41, 5.74) is 1.63. The number of nitro benzene ring substituents is 1. The Labute approximate surface area is 96.2 Å². The third kappa shape index (κ3) is 1.24. The minimum Gasteiger partial charge on any atom is -0.321 e. The lowest BCUT2D eigenvalue weighted by Crippen LogP contribution is -2.21. The molecule has 0 unspecified atom stereocenters. The fraction of sp³-hybridized carbons (Fsp3) is 0.182. The molecule has 1 aromatic heterocycles. The number of fused-ring (bicyclic) bond motifs is 3. The summed E-state index contributed by atoms with van der Waals surface area (Å²) in [4.78, 5) is 23.7. The second kappa shape index (κ2) is 3.07. The number of nitro groups is 1. The summed E-state index contributed by atoms with van der Waals surface area (Å²) in [7, 11) is 1.73. The molecule has 0 bridgehead atoms. The monoisotopic (exact) mass is 231 g/mol. The van der Waals surface area contributed by atoms with Gasteiger partial charge in [0, 0.05) is 30.3 Å². The minimum absolute atomic E-state index is 0.0441. The maximum absolute atomic E-state index is 11.8. The van der Waals surface area contributed by atoms with Gasteiger partial charge in [-0.25, -0.2) is 4.79 Å². The molecule has 0 N–H and O–H groups in total. The van der Waals surface area contributed by atoms with Gasteiger partial charge in [-0.15, -0.1) is 0 Å². The summed E-state index contributed by atoms with van der Waals surface area (Å²) >= 11 is 0. The predicted octanol–water partition coefficient (Wildman–Crippen LogP) is 1.96. The van der Waals surface area contributed by atoms with E-state index in [-0.39, 0.29) is 11.7 Å². The standard InChI is InChI=1S/C11H9N3O3/c1-12-6-9-5-7-4-8(14(16)17)2-3-10(7)13(9)11(12)15/h2-5H,6H2,1H3. The van der Waals surface area contributed by atoms with Crippen LogP contribution in [0.4, 0.5) is 10.5 Å². The van der Waals surface area contributed by atoms with Crippen molar-refractivity contribution in [1.29, 1.82) is 0 Å². The second-order valence-electron chi connectivity index (χ2n) is 4.11. The number of amides is 1. The van der Waals surface area contributed by atoms with Crippen LogP contribution in [0.15, 0.2) is 24.3 Å². The number of aromatic nitrogens is 1. The number of benzene rings is 1. The lowest BCUT2D eigenvalue weighted by Gasteiger charge is -2.06. The summed E-state index contributed by atoms with van der Waals surface area (Å²) in [6, 6.07) is 6.26. The molecule has 1 aliphatic heterocycles. The molecular formula is C11H9N3O3. The molecule has 86 valence electrons. The van der Waals surface area contributed by atoms with Crippen LogP contribution in [0.25, 0.3) is 10.9 Å². The molecule has 0 atom stereocenters. The average Bonchev–Trinajstić information content (AvgIpc) is 2.76. The summed E-state index contributed by atoms with van der Waals surface area (Å²) in [5, 5.41) is 11.4. The van der Waals surface area contributed by atoms with E-state index < -0.39 is 4.92 Å². The summed E-state index contributed by atoms with van der Waals surface area (Å²) < 4.78 is 1.60. The molecule has 0 spiro atoms. The number of non-ortho nitro benzene ring substituents is 1. The van der Waals surface area contributed by atoms with Gasteiger partial charge in [-0.05, 0) is 12.1 Å². The Balaban J connectivity index is 2.25. The molecule has 0 radical (unpaired) electrons. The number of nitrogens with zero attached hydrogens (tertiary/aromatic N) is 3. The van der Waals surface area contributed by atoms with Gasteiger partial charge in [0.15, 0.2) is 0 Å². The molecule has 2 heterocycles. The summed E-state index contributed by atoms with van der Waals surface area (Å²) in [6.07, 6.45) is 0. The van der Waals surface area contributed by atoms with Crippen molar-refractivity contribution in [2.45, 2.75) is 6.54 Å². The SMILES string of the molecule is CN1Cc2cc3cc([N+](=O)[O-])ccc3n2C1=O. The van der Waals surface area contributed by atoms with Gasteiger partial charge in [-0.1, -0.05) is 0 Å². The van der Waals surface area contributed by atoms with Crippen LogP contribution in [0.3, 0.4) is 0 Å². The van der Waals surface area contributed by atoms with E-state index >= 15 is 0 Å². The van der Waals surface area contributed by atoms with Crippen molar-refractivity contribution in [2.75, 3.05) is 7.05 Å². The van der Waals surface area contributed by atoms with Crippen LogP contribution in [-0.4, -0.2) is 27.5 Å². The van der Waals surface area contributed by atoms with E-state index in [1.807, 2.05) is 6.07 Å². The quantitative estimate of drug-likeness (QED) is 0.556. The van der Waals surface area contributed by atoms with Crippen LogP contribution in [0, 0.1) is 10.1 Å². The smallest absolute Gasteiger partial charge is 0.321 e. The van der Waals surface area contributed by atoms with Crippen LogP contribution in [0.2, 0.25) is 0 Å². The zero-order chi connectivity index (χ0) is 12.2. The fourth-order valence-corrected chi connectivity index (χ4v) is 2.20. The normalized spacial score (nSPS) is 14.4. The average molecular weight is 231 g/mol. The zero-order valence-corrected chi connectivity index (χ0v) is 9.08. The fourth-order valence-electron chi connectivity index (χ4n) is 2.20.